The maximum absolute atomic E-state index is 12.5. The first-order valence-electron chi connectivity index (χ1n) is 12.0. The van der Waals surface area contributed by atoms with E-state index in [2.05, 4.69) is 0 Å². The predicted molar refractivity (Wildman–Crippen MR) is 148 cm³/mol. The molecule has 2 heterocycles. The summed E-state index contributed by atoms with van der Waals surface area (Å²) >= 11 is 12.2. The maximum Gasteiger partial charge on any atom is 0.174 e. The third-order valence-electron chi connectivity index (χ3n) is 6.39. The van der Waals surface area contributed by atoms with Crippen molar-refractivity contribution in [3.8, 4) is 46.0 Å². The zero-order valence-corrected chi connectivity index (χ0v) is 22.8. The number of ether oxygens (including phenoxy) is 4. The number of phenolic OH excluding ortho intramolecular Hbond substituents is 2. The molecule has 4 aromatic carbocycles. The summed E-state index contributed by atoms with van der Waals surface area (Å²) in [6, 6.07) is 16.1. The van der Waals surface area contributed by atoms with Gasteiger partial charge in [0.2, 0.25) is 0 Å². The summed E-state index contributed by atoms with van der Waals surface area (Å²) in [6.45, 7) is 0. The fraction of sp³-hybridized carbons (Fsp3) is 0.133. The minimum Gasteiger partial charge on any atom is -0.508 e. The number of benzene rings is 4. The van der Waals surface area contributed by atoms with Crippen LogP contribution in [0.15, 0.2) is 60.7 Å². The van der Waals surface area contributed by atoms with Gasteiger partial charge in [-0.15, -0.1) is 0 Å². The predicted octanol–water partition coefficient (Wildman–Crippen LogP) is 7.17. The minimum absolute atomic E-state index is 0.0420. The van der Waals surface area contributed by atoms with Crippen LogP contribution < -0.4 is 18.9 Å². The summed E-state index contributed by atoms with van der Waals surface area (Å²) in [6.07, 6.45) is 0.213. The van der Waals surface area contributed by atoms with E-state index in [4.69, 9.17) is 42.1 Å². The quantitative estimate of drug-likeness (QED) is 0.256. The Hall–Kier alpha value is -4.40. The number of Topliss-reactive ketones (excluding diaryl/α,β-unsaturated/α-hetero) is 2. The van der Waals surface area contributed by atoms with Crippen molar-refractivity contribution in [3.63, 3.8) is 0 Å². The van der Waals surface area contributed by atoms with Gasteiger partial charge < -0.3 is 29.2 Å². The van der Waals surface area contributed by atoms with E-state index in [0.29, 0.717) is 55.5 Å². The number of hydrogen-bond donors (Lipinski definition) is 2. The molecule has 204 valence electrons. The van der Waals surface area contributed by atoms with Crippen molar-refractivity contribution in [2.75, 3.05) is 14.2 Å². The van der Waals surface area contributed by atoms with Crippen molar-refractivity contribution >= 4 is 34.8 Å². The fourth-order valence-corrected chi connectivity index (χ4v) is 4.96. The Morgan fingerprint density at radius 2 is 1.25 bits per heavy atom. The number of hydrogen-bond acceptors (Lipinski definition) is 8. The first-order valence-corrected chi connectivity index (χ1v) is 12.7. The second-order valence-electron chi connectivity index (χ2n) is 8.88. The molecule has 2 aliphatic rings. The van der Waals surface area contributed by atoms with E-state index < -0.39 is 0 Å². The third kappa shape index (κ3) is 5.11. The lowest BCUT2D eigenvalue weighted by Gasteiger charge is -2.13. The van der Waals surface area contributed by atoms with Gasteiger partial charge in [0.05, 0.1) is 14.2 Å². The van der Waals surface area contributed by atoms with Crippen LogP contribution in [0.4, 0.5) is 0 Å². The van der Waals surface area contributed by atoms with Crippen LogP contribution in [0.25, 0.3) is 0 Å². The highest BCUT2D eigenvalue weighted by Gasteiger charge is 2.28. The topological polar surface area (TPSA) is 112 Å². The molecule has 0 spiro atoms. The van der Waals surface area contributed by atoms with Crippen LogP contribution in [0.3, 0.4) is 0 Å². The van der Waals surface area contributed by atoms with E-state index in [-0.39, 0.29) is 47.2 Å². The van der Waals surface area contributed by atoms with Crippen molar-refractivity contribution in [1.29, 1.82) is 0 Å². The highest BCUT2D eigenvalue weighted by molar-refractivity contribution is 6.32. The smallest absolute Gasteiger partial charge is 0.174 e. The highest BCUT2D eigenvalue weighted by Crippen LogP contribution is 2.43. The molecule has 0 fully saturated rings. The molecule has 0 unspecified atom stereocenters. The van der Waals surface area contributed by atoms with Crippen molar-refractivity contribution < 1.29 is 38.7 Å². The molecule has 6 rings (SSSR count). The van der Waals surface area contributed by atoms with Crippen LogP contribution >= 0.6 is 23.2 Å². The molecule has 4 aromatic rings. The molecule has 0 radical (unpaired) electrons. The summed E-state index contributed by atoms with van der Waals surface area (Å²) in [7, 11) is 3.05. The van der Waals surface area contributed by atoms with E-state index in [9.17, 15) is 19.8 Å². The molecule has 0 aromatic heterocycles. The number of phenols is 2. The van der Waals surface area contributed by atoms with Crippen LogP contribution in [0.1, 0.15) is 31.8 Å². The lowest BCUT2D eigenvalue weighted by Crippen LogP contribution is -2.05. The average Bonchev–Trinajstić information content (AvgIpc) is 3.16. The number of carbonyl (C=O) groups excluding carboxylic acids is 2. The highest BCUT2D eigenvalue weighted by atomic mass is 35.5. The Balaban J connectivity index is 0.000000162. The molecule has 0 atom stereocenters. The average molecular weight is 581 g/mol. The minimum atomic E-state index is -0.306. The standard InChI is InChI=1S/C16H13ClO4.C14H9ClO4/c1-19-9-6-14(20-2)16-12(18)8-10-11(17)4-3-5-13(10)21-15(16)7-9;15-9-2-1-3-12-8(9)6-11(18)14-10(17)4-7(16)5-13(14)19-12/h3-7H,8H2,1-2H3;1-5,16-17H,6H2. The molecule has 2 N–H and O–H groups in total. The van der Waals surface area contributed by atoms with Gasteiger partial charge in [-0.2, -0.15) is 0 Å². The number of fused-ring (bicyclic) bond motifs is 4. The SMILES string of the molecule is COc1cc(OC)c2c(c1)Oc1cccc(Cl)c1CC2=O.O=C1Cc2c(Cl)cccc2Oc2cc(O)cc(O)c21. The molecule has 40 heavy (non-hydrogen) atoms. The normalized spacial score (nSPS) is 13.0. The van der Waals surface area contributed by atoms with Gasteiger partial charge in [-0.3, -0.25) is 9.59 Å². The van der Waals surface area contributed by atoms with Crippen molar-refractivity contribution in [2.24, 2.45) is 0 Å². The Bertz CT molecular complexity index is 1660. The van der Waals surface area contributed by atoms with E-state index in [1.807, 2.05) is 0 Å². The largest absolute Gasteiger partial charge is 0.508 e. The van der Waals surface area contributed by atoms with Gasteiger partial charge in [0.25, 0.3) is 0 Å². The Morgan fingerprint density at radius 1 is 0.700 bits per heavy atom. The number of aromatic hydroxyl groups is 2. The van der Waals surface area contributed by atoms with Gasteiger partial charge in [0, 0.05) is 58.3 Å². The number of halogens is 2. The summed E-state index contributed by atoms with van der Waals surface area (Å²) in [5, 5.41) is 20.2. The number of ketones is 2. The first kappa shape index (κ1) is 27.2. The molecule has 0 saturated carbocycles. The lowest BCUT2D eigenvalue weighted by atomic mass is 10.0. The zero-order chi connectivity index (χ0) is 28.6. The monoisotopic (exact) mass is 580 g/mol. The van der Waals surface area contributed by atoms with Gasteiger partial charge in [-0.1, -0.05) is 35.3 Å². The molecule has 10 heteroatoms. The van der Waals surface area contributed by atoms with E-state index >= 15 is 0 Å². The Labute approximate surface area is 239 Å². The second-order valence-corrected chi connectivity index (χ2v) is 9.69. The molecule has 0 amide bonds. The van der Waals surface area contributed by atoms with Crippen molar-refractivity contribution in [1.82, 2.24) is 0 Å². The van der Waals surface area contributed by atoms with Gasteiger partial charge in [-0.25, -0.2) is 0 Å². The molecule has 0 saturated heterocycles. The third-order valence-corrected chi connectivity index (χ3v) is 7.09. The summed E-state index contributed by atoms with van der Waals surface area (Å²) in [4.78, 5) is 24.7. The van der Waals surface area contributed by atoms with Gasteiger partial charge in [0.1, 0.15) is 57.1 Å². The number of methoxy groups -OCH3 is 2. The summed E-state index contributed by atoms with van der Waals surface area (Å²) in [5.74, 6) is 1.67. The first-order chi connectivity index (χ1) is 19.2. The van der Waals surface area contributed by atoms with E-state index in [1.54, 1.807) is 55.6 Å². The molecule has 8 nitrogen and oxygen atoms in total. The van der Waals surface area contributed by atoms with E-state index in [0.717, 1.165) is 6.07 Å². The van der Waals surface area contributed by atoms with Crippen LogP contribution in [-0.4, -0.2) is 36.0 Å². The molecular formula is C30H22Cl2O8. The molecule has 2 aliphatic heterocycles. The van der Waals surface area contributed by atoms with Crippen LogP contribution in [0.2, 0.25) is 10.0 Å². The Kier molecular flexibility index (Phi) is 7.47. The van der Waals surface area contributed by atoms with Gasteiger partial charge in [0.15, 0.2) is 11.6 Å². The number of carbonyl (C=O) groups is 2. The fourth-order valence-electron chi connectivity index (χ4n) is 4.49. The maximum atomic E-state index is 12.5. The van der Waals surface area contributed by atoms with Crippen LogP contribution in [0.5, 0.6) is 46.0 Å². The summed E-state index contributed by atoms with van der Waals surface area (Å²) in [5.41, 5.74) is 1.72. The van der Waals surface area contributed by atoms with Crippen LogP contribution in [-0.2, 0) is 12.8 Å². The summed E-state index contributed by atoms with van der Waals surface area (Å²) < 4.78 is 22.0. The Morgan fingerprint density at radius 3 is 1.80 bits per heavy atom. The van der Waals surface area contributed by atoms with Crippen molar-refractivity contribution in [3.05, 3.63) is 93.0 Å². The molecule has 0 aliphatic carbocycles. The van der Waals surface area contributed by atoms with Crippen LogP contribution in [0, 0.1) is 0 Å². The lowest BCUT2D eigenvalue weighted by molar-refractivity contribution is 0.0982. The molecule has 0 bridgehead atoms. The van der Waals surface area contributed by atoms with Crippen molar-refractivity contribution in [2.45, 2.75) is 12.8 Å². The van der Waals surface area contributed by atoms with Gasteiger partial charge in [-0.05, 0) is 24.3 Å². The van der Waals surface area contributed by atoms with Gasteiger partial charge >= 0.3 is 0 Å². The second kappa shape index (κ2) is 11.0. The van der Waals surface area contributed by atoms with E-state index in [1.165, 1.54) is 13.2 Å². The molecular weight excluding hydrogens is 559 g/mol. The zero-order valence-electron chi connectivity index (χ0n) is 21.3. The number of rotatable bonds is 2.